The highest BCUT2D eigenvalue weighted by molar-refractivity contribution is 5.97. The van der Waals surface area contributed by atoms with Gasteiger partial charge in [0.15, 0.2) is 0 Å². The van der Waals surface area contributed by atoms with Crippen LogP contribution in [-0.2, 0) is 16.2 Å². The van der Waals surface area contributed by atoms with Crippen molar-refractivity contribution in [2.75, 3.05) is 24.0 Å². The number of hydrogen-bond donors (Lipinski definition) is 0. The van der Waals surface area contributed by atoms with Crippen LogP contribution in [0.2, 0.25) is 0 Å². The summed E-state index contributed by atoms with van der Waals surface area (Å²) in [5, 5.41) is 0. The van der Waals surface area contributed by atoms with Crippen molar-refractivity contribution in [3.63, 3.8) is 0 Å². The maximum absolute atomic E-state index is 7.06. The first-order valence-electron chi connectivity index (χ1n) is 32.8. The summed E-state index contributed by atoms with van der Waals surface area (Å²) in [6.45, 7) is 0. The maximum Gasteiger partial charge on any atom is 0.132 e. The van der Waals surface area contributed by atoms with E-state index in [1.165, 1.54) is 44.5 Å². The van der Waals surface area contributed by atoms with Crippen LogP contribution in [-0.4, -0.2) is 14.2 Å². The molecule has 0 unspecified atom stereocenters. The van der Waals surface area contributed by atoms with Gasteiger partial charge in [0, 0.05) is 67.5 Å². The molecule has 6 aliphatic rings. The molecular formula is C89H58N2O5. The molecular weight excluding hydrogens is 1180 g/mol. The van der Waals surface area contributed by atoms with Gasteiger partial charge in [0.05, 0.1) is 30.5 Å². The Labute approximate surface area is 556 Å². The molecule has 454 valence electrons. The fourth-order valence-corrected chi connectivity index (χ4v) is 17.5. The van der Waals surface area contributed by atoms with Crippen LogP contribution in [0.4, 0.5) is 34.1 Å². The molecule has 0 fully saturated rings. The molecule has 0 bridgehead atoms. The third-order valence-corrected chi connectivity index (χ3v) is 21.3. The minimum atomic E-state index is -0.877. The molecule has 7 heteroatoms. The van der Waals surface area contributed by atoms with Gasteiger partial charge >= 0.3 is 0 Å². The molecule has 0 N–H and O–H groups in total. The van der Waals surface area contributed by atoms with E-state index in [1.54, 1.807) is 14.2 Å². The monoisotopic (exact) mass is 1230 g/mol. The summed E-state index contributed by atoms with van der Waals surface area (Å²) in [5.41, 5.74) is 24.6. The van der Waals surface area contributed by atoms with Gasteiger partial charge in [0.2, 0.25) is 0 Å². The molecule has 14 aromatic carbocycles. The molecule has 3 aliphatic heterocycles. The summed E-state index contributed by atoms with van der Waals surface area (Å²) in [5.74, 6) is 6.59. The van der Waals surface area contributed by atoms with Crippen molar-refractivity contribution in [3.05, 3.63) is 382 Å². The van der Waals surface area contributed by atoms with E-state index in [9.17, 15) is 0 Å². The predicted octanol–water partition coefficient (Wildman–Crippen LogP) is 22.0. The van der Waals surface area contributed by atoms with Crippen molar-refractivity contribution in [2.45, 2.75) is 16.2 Å². The topological polar surface area (TPSA) is 52.6 Å². The lowest BCUT2D eigenvalue weighted by Crippen LogP contribution is -2.32. The molecule has 0 saturated carbocycles. The summed E-state index contributed by atoms with van der Waals surface area (Å²) in [6.07, 6.45) is 0. The number of methoxy groups -OCH3 is 2. The normalized spacial score (nSPS) is 14.4. The molecule has 0 amide bonds. The van der Waals surface area contributed by atoms with Gasteiger partial charge in [-0.3, -0.25) is 0 Å². The molecule has 3 heterocycles. The molecule has 96 heavy (non-hydrogen) atoms. The van der Waals surface area contributed by atoms with E-state index in [-0.39, 0.29) is 0 Å². The van der Waals surface area contributed by atoms with E-state index in [0.717, 1.165) is 136 Å². The van der Waals surface area contributed by atoms with Crippen LogP contribution in [0.25, 0.3) is 33.4 Å². The van der Waals surface area contributed by atoms with Crippen LogP contribution >= 0.6 is 0 Å². The fraction of sp³-hybridized carbons (Fsp3) is 0.0562. The van der Waals surface area contributed by atoms with Crippen molar-refractivity contribution in [2.24, 2.45) is 0 Å². The Hall–Kier alpha value is -12.3. The molecule has 0 aromatic heterocycles. The number of para-hydroxylation sites is 6. The van der Waals surface area contributed by atoms with Crippen LogP contribution in [0.5, 0.6) is 46.0 Å². The molecule has 3 spiro atoms. The van der Waals surface area contributed by atoms with Crippen molar-refractivity contribution in [1.29, 1.82) is 0 Å². The van der Waals surface area contributed by atoms with Crippen LogP contribution in [0, 0.1) is 0 Å². The minimum Gasteiger partial charge on any atom is -0.497 e. The smallest absolute Gasteiger partial charge is 0.132 e. The zero-order chi connectivity index (χ0) is 63.4. The van der Waals surface area contributed by atoms with Crippen molar-refractivity contribution >= 4 is 34.1 Å². The molecule has 0 atom stereocenters. The largest absolute Gasteiger partial charge is 0.497 e. The average Bonchev–Trinajstić information content (AvgIpc) is 1.50. The highest BCUT2D eigenvalue weighted by Crippen LogP contribution is 2.67. The summed E-state index contributed by atoms with van der Waals surface area (Å²) in [4.78, 5) is 4.85. The lowest BCUT2D eigenvalue weighted by atomic mass is 9.66. The number of ether oxygens (including phenoxy) is 5. The Morgan fingerprint density at radius 2 is 0.417 bits per heavy atom. The maximum atomic E-state index is 7.06. The second-order valence-corrected chi connectivity index (χ2v) is 25.6. The van der Waals surface area contributed by atoms with Gasteiger partial charge < -0.3 is 33.5 Å². The number of benzene rings is 14. The minimum absolute atomic E-state index is 0.677. The number of rotatable bonds is 8. The van der Waals surface area contributed by atoms with Crippen LogP contribution in [0.3, 0.4) is 0 Å². The third kappa shape index (κ3) is 7.20. The van der Waals surface area contributed by atoms with Gasteiger partial charge in [-0.15, -0.1) is 0 Å². The Kier molecular flexibility index (Phi) is 11.5. The highest BCUT2D eigenvalue weighted by atomic mass is 16.5. The molecule has 0 radical (unpaired) electrons. The molecule has 3 aliphatic carbocycles. The summed E-state index contributed by atoms with van der Waals surface area (Å²) in [7, 11) is 3.45. The van der Waals surface area contributed by atoms with E-state index in [1.807, 2.05) is 0 Å². The van der Waals surface area contributed by atoms with E-state index in [2.05, 4.69) is 325 Å². The second kappa shape index (κ2) is 20.3. The second-order valence-electron chi connectivity index (χ2n) is 25.6. The zero-order valence-corrected chi connectivity index (χ0v) is 52.5. The number of anilines is 6. The lowest BCUT2D eigenvalue weighted by Gasteiger charge is -2.40. The molecule has 7 nitrogen and oxygen atoms in total. The van der Waals surface area contributed by atoms with Gasteiger partial charge in [-0.25, -0.2) is 0 Å². The number of fused-ring (bicyclic) bond motifs is 27. The van der Waals surface area contributed by atoms with Gasteiger partial charge in [0.1, 0.15) is 46.0 Å². The number of hydrogen-bond acceptors (Lipinski definition) is 7. The Balaban J connectivity index is 0.815. The average molecular weight is 1240 g/mol. The quantitative estimate of drug-likeness (QED) is 0.150. The Morgan fingerprint density at radius 3 is 0.677 bits per heavy atom. The van der Waals surface area contributed by atoms with Gasteiger partial charge in [-0.2, -0.15) is 0 Å². The van der Waals surface area contributed by atoms with Crippen molar-refractivity contribution in [3.8, 4) is 79.4 Å². The van der Waals surface area contributed by atoms with Crippen LogP contribution in [0.1, 0.15) is 66.8 Å². The summed E-state index contributed by atoms with van der Waals surface area (Å²) < 4.78 is 32.4. The molecule has 14 aromatic rings. The Bertz CT molecular complexity index is 5160. The predicted molar refractivity (Wildman–Crippen MR) is 381 cm³/mol. The third-order valence-electron chi connectivity index (χ3n) is 21.3. The first-order valence-corrected chi connectivity index (χ1v) is 32.8. The molecule has 0 saturated heterocycles. The molecule has 20 rings (SSSR count). The first kappa shape index (κ1) is 54.3. The Morgan fingerprint density at radius 1 is 0.208 bits per heavy atom. The van der Waals surface area contributed by atoms with E-state index < -0.39 is 16.2 Å². The summed E-state index contributed by atoms with van der Waals surface area (Å²) in [6, 6.07) is 115. The highest BCUT2D eigenvalue weighted by Gasteiger charge is 2.55. The zero-order valence-electron chi connectivity index (χ0n) is 52.5. The standard InChI is InChI=1S/C89H58N2O5/c1-92-61-43-35-55(36-44-61)90(57-39-47-65-63-19-3-5-21-69(63)87(77(65)51-57)71-23-7-13-29-81(71)94-82-30-14-8-24-72(82)87)59-41-49-67-68-50-42-60(54-80(68)89(79(67)53-59)75-27-11-17-33-85(75)96-86-34-18-12-28-76(86)89)91(56-37-45-62(93-2)46-38-56)58-40-48-66-64-20-4-6-22-70(64)88(78(66)52-58)73-25-9-15-31-83(73)95-84-32-16-10-26-74(84)88/h3-54H,1-2H3. The summed E-state index contributed by atoms with van der Waals surface area (Å²) >= 11 is 0. The van der Waals surface area contributed by atoms with E-state index >= 15 is 0 Å². The van der Waals surface area contributed by atoms with Crippen molar-refractivity contribution in [1.82, 2.24) is 0 Å². The van der Waals surface area contributed by atoms with Crippen LogP contribution < -0.4 is 33.5 Å². The van der Waals surface area contributed by atoms with Crippen molar-refractivity contribution < 1.29 is 23.7 Å². The van der Waals surface area contributed by atoms with Crippen LogP contribution in [0.15, 0.2) is 315 Å². The van der Waals surface area contributed by atoms with E-state index in [0.29, 0.717) is 0 Å². The first-order chi connectivity index (χ1) is 47.5. The van der Waals surface area contributed by atoms with Gasteiger partial charge in [0.25, 0.3) is 0 Å². The fourth-order valence-electron chi connectivity index (χ4n) is 17.5. The van der Waals surface area contributed by atoms with Gasteiger partial charge in [-0.1, -0.05) is 182 Å². The van der Waals surface area contributed by atoms with Gasteiger partial charge in [-0.05, 0) is 200 Å². The SMILES string of the molecule is COc1ccc(N(c2ccc3c(c2)C2(c4ccccc4Oc4ccccc42)c2ccccc2-3)c2ccc3c(c2)C2(c4ccccc4Oc4ccccc42)c2cc(N(c4ccc(OC)cc4)c4ccc5c(c4)C4(c6ccccc6Oc6ccccc64)c4ccccc4-5)ccc2-3)cc1. The number of nitrogens with zero attached hydrogens (tertiary/aromatic N) is 2. The lowest BCUT2D eigenvalue weighted by molar-refractivity contribution is 0.414. The van der Waals surface area contributed by atoms with E-state index in [4.69, 9.17) is 23.7 Å².